The summed E-state index contributed by atoms with van der Waals surface area (Å²) in [5.74, 6) is 0.201. The minimum atomic E-state index is -0.481. The monoisotopic (exact) mass is 382 g/mol. The maximum Gasteiger partial charge on any atom is 0.222 e. The van der Waals surface area contributed by atoms with E-state index in [1.54, 1.807) is 0 Å². The molecule has 5 nitrogen and oxygen atoms in total. The first-order valence-electron chi connectivity index (χ1n) is 10.1. The van der Waals surface area contributed by atoms with E-state index >= 15 is 0 Å². The van der Waals surface area contributed by atoms with E-state index in [2.05, 4.69) is 4.90 Å². The highest BCUT2D eigenvalue weighted by Crippen LogP contribution is 2.15. The van der Waals surface area contributed by atoms with Crippen LogP contribution in [0.4, 0.5) is 0 Å². The van der Waals surface area contributed by atoms with Crippen LogP contribution in [-0.2, 0) is 16.1 Å². The molecule has 28 heavy (non-hydrogen) atoms. The third-order valence-corrected chi connectivity index (χ3v) is 5.13. The fourth-order valence-corrected chi connectivity index (χ4v) is 3.45. The van der Waals surface area contributed by atoms with Crippen LogP contribution in [0.25, 0.3) is 0 Å². The second kappa shape index (κ2) is 11.0. The number of benzene rings is 2. The van der Waals surface area contributed by atoms with Gasteiger partial charge in [0.2, 0.25) is 5.91 Å². The fraction of sp³-hybridized carbons (Fsp3) is 0.435. The topological polar surface area (TPSA) is 53.0 Å². The van der Waals surface area contributed by atoms with Crippen LogP contribution in [0.15, 0.2) is 60.7 Å². The van der Waals surface area contributed by atoms with Gasteiger partial charge in [0.15, 0.2) is 0 Å². The van der Waals surface area contributed by atoms with Gasteiger partial charge in [-0.25, -0.2) is 0 Å². The Labute approximate surface area is 167 Å². The number of aliphatic hydroxyl groups is 1. The number of piperazine rings is 1. The van der Waals surface area contributed by atoms with Gasteiger partial charge in [0.25, 0.3) is 0 Å². The molecule has 1 amide bonds. The van der Waals surface area contributed by atoms with E-state index in [9.17, 15) is 9.90 Å². The van der Waals surface area contributed by atoms with Crippen molar-refractivity contribution in [1.82, 2.24) is 9.80 Å². The van der Waals surface area contributed by atoms with Crippen LogP contribution < -0.4 is 0 Å². The highest BCUT2D eigenvalue weighted by molar-refractivity contribution is 5.76. The van der Waals surface area contributed by atoms with Crippen LogP contribution in [0.3, 0.4) is 0 Å². The molecule has 2 aromatic rings. The Bertz CT molecular complexity index is 700. The van der Waals surface area contributed by atoms with Crippen LogP contribution in [0, 0.1) is 0 Å². The summed E-state index contributed by atoms with van der Waals surface area (Å²) in [4.78, 5) is 16.5. The molecule has 1 N–H and O–H groups in total. The van der Waals surface area contributed by atoms with Gasteiger partial charge in [0.1, 0.15) is 0 Å². The highest BCUT2D eigenvalue weighted by Gasteiger charge is 2.22. The van der Waals surface area contributed by atoms with Gasteiger partial charge in [-0.1, -0.05) is 60.7 Å². The number of aliphatic hydroxyl groups excluding tert-OH is 1. The number of β-amino-alcohol motifs (C(OH)–C–C–N with tert-alkyl or cyclic N) is 1. The molecule has 1 aliphatic rings. The number of carbonyl (C=O) groups excluding carboxylic acids is 1. The average Bonchev–Trinajstić information content (AvgIpc) is 2.75. The lowest BCUT2D eigenvalue weighted by molar-refractivity contribution is -0.133. The number of nitrogens with zero attached hydrogens (tertiary/aromatic N) is 2. The molecule has 0 saturated carbocycles. The summed E-state index contributed by atoms with van der Waals surface area (Å²) in [6.07, 6.45) is 0.797. The number of rotatable bonds is 9. The molecule has 1 aliphatic heterocycles. The zero-order valence-electron chi connectivity index (χ0n) is 16.4. The Kier molecular flexibility index (Phi) is 8.03. The van der Waals surface area contributed by atoms with Crippen molar-refractivity contribution in [2.75, 3.05) is 39.3 Å². The van der Waals surface area contributed by atoms with E-state index in [1.807, 2.05) is 65.6 Å². The predicted octanol–water partition coefficient (Wildman–Crippen LogP) is 2.86. The Morgan fingerprint density at radius 1 is 0.964 bits per heavy atom. The molecule has 1 heterocycles. The number of ether oxygens (including phenoxy) is 1. The largest absolute Gasteiger partial charge is 0.387 e. The molecule has 1 saturated heterocycles. The van der Waals surface area contributed by atoms with Crippen LogP contribution >= 0.6 is 0 Å². The Hall–Kier alpha value is -2.21. The number of amides is 1. The van der Waals surface area contributed by atoms with E-state index in [4.69, 9.17) is 4.74 Å². The lowest BCUT2D eigenvalue weighted by atomic mass is 10.1. The molecule has 0 aromatic heterocycles. The van der Waals surface area contributed by atoms with Crippen LogP contribution in [0.5, 0.6) is 0 Å². The SMILES string of the molecule is O=C(CCCOCc1ccccc1)N1CCN(CC(O)c2ccccc2)CC1. The first-order chi connectivity index (χ1) is 13.7. The Balaban J connectivity index is 1.29. The lowest BCUT2D eigenvalue weighted by Crippen LogP contribution is -2.49. The second-order valence-electron chi connectivity index (χ2n) is 7.25. The predicted molar refractivity (Wildman–Crippen MR) is 110 cm³/mol. The van der Waals surface area contributed by atoms with Crippen molar-refractivity contribution in [3.8, 4) is 0 Å². The maximum absolute atomic E-state index is 12.4. The Morgan fingerprint density at radius 2 is 1.61 bits per heavy atom. The second-order valence-corrected chi connectivity index (χ2v) is 7.25. The van der Waals surface area contributed by atoms with Crippen LogP contribution in [0.1, 0.15) is 30.1 Å². The lowest BCUT2D eigenvalue weighted by Gasteiger charge is -2.35. The maximum atomic E-state index is 12.4. The summed E-state index contributed by atoms with van der Waals surface area (Å²) in [6.45, 7) is 4.87. The van der Waals surface area contributed by atoms with Crippen molar-refractivity contribution in [1.29, 1.82) is 0 Å². The quantitative estimate of drug-likeness (QED) is 0.678. The molecule has 5 heteroatoms. The van der Waals surface area contributed by atoms with Crippen molar-refractivity contribution in [2.24, 2.45) is 0 Å². The summed E-state index contributed by atoms with van der Waals surface area (Å²) in [7, 11) is 0. The number of carbonyl (C=O) groups is 1. The van der Waals surface area contributed by atoms with Gasteiger partial charge < -0.3 is 14.7 Å². The van der Waals surface area contributed by atoms with E-state index in [0.29, 0.717) is 26.2 Å². The van der Waals surface area contributed by atoms with E-state index in [1.165, 1.54) is 0 Å². The van der Waals surface area contributed by atoms with Crippen LogP contribution in [0.2, 0.25) is 0 Å². The molecule has 1 fully saturated rings. The van der Waals surface area contributed by atoms with Crippen molar-refractivity contribution in [3.05, 3.63) is 71.8 Å². The molecule has 1 atom stereocenters. The van der Waals surface area contributed by atoms with Crippen molar-refractivity contribution in [2.45, 2.75) is 25.6 Å². The molecule has 0 aliphatic carbocycles. The number of hydrogen-bond acceptors (Lipinski definition) is 4. The molecule has 3 rings (SSSR count). The van der Waals surface area contributed by atoms with E-state index in [-0.39, 0.29) is 5.91 Å². The normalized spacial score (nSPS) is 16.1. The summed E-state index contributed by atoms with van der Waals surface area (Å²) in [6, 6.07) is 19.8. The summed E-state index contributed by atoms with van der Waals surface area (Å²) in [5, 5.41) is 10.4. The zero-order valence-corrected chi connectivity index (χ0v) is 16.4. The first kappa shape index (κ1) is 20.5. The smallest absolute Gasteiger partial charge is 0.222 e. The van der Waals surface area contributed by atoms with Gasteiger partial charge in [-0.2, -0.15) is 0 Å². The van der Waals surface area contributed by atoms with E-state index in [0.717, 1.165) is 43.7 Å². The Morgan fingerprint density at radius 3 is 2.29 bits per heavy atom. The number of hydrogen-bond donors (Lipinski definition) is 1. The third kappa shape index (κ3) is 6.44. The van der Waals surface area contributed by atoms with Gasteiger partial charge in [0, 0.05) is 45.8 Å². The van der Waals surface area contributed by atoms with Gasteiger partial charge in [0.05, 0.1) is 12.7 Å². The molecular weight excluding hydrogens is 352 g/mol. The fourth-order valence-electron chi connectivity index (χ4n) is 3.45. The van der Waals surface area contributed by atoms with Crippen molar-refractivity contribution < 1.29 is 14.6 Å². The molecular formula is C23H30N2O3. The van der Waals surface area contributed by atoms with Gasteiger partial charge in [-0.15, -0.1) is 0 Å². The summed E-state index contributed by atoms with van der Waals surface area (Å²) in [5.41, 5.74) is 2.10. The molecule has 0 spiro atoms. The van der Waals surface area contributed by atoms with Crippen molar-refractivity contribution >= 4 is 5.91 Å². The van der Waals surface area contributed by atoms with Crippen molar-refractivity contribution in [3.63, 3.8) is 0 Å². The summed E-state index contributed by atoms with van der Waals surface area (Å²) < 4.78 is 5.65. The molecule has 0 radical (unpaired) electrons. The van der Waals surface area contributed by atoms with Crippen LogP contribution in [-0.4, -0.2) is 60.1 Å². The van der Waals surface area contributed by atoms with Gasteiger partial charge in [-0.05, 0) is 17.5 Å². The minimum Gasteiger partial charge on any atom is -0.387 e. The highest BCUT2D eigenvalue weighted by atomic mass is 16.5. The molecule has 0 bridgehead atoms. The average molecular weight is 383 g/mol. The minimum absolute atomic E-state index is 0.201. The molecule has 2 aromatic carbocycles. The first-order valence-corrected chi connectivity index (χ1v) is 10.1. The zero-order chi connectivity index (χ0) is 19.6. The standard InChI is InChI=1S/C23H30N2O3/c26-22(21-10-5-2-6-11-21)18-24-13-15-25(16-14-24)23(27)12-7-17-28-19-20-8-3-1-4-9-20/h1-6,8-11,22,26H,7,12-19H2. The molecule has 1 unspecified atom stereocenters. The third-order valence-electron chi connectivity index (χ3n) is 5.13. The van der Waals surface area contributed by atoms with Gasteiger partial charge in [-0.3, -0.25) is 9.69 Å². The van der Waals surface area contributed by atoms with Gasteiger partial charge >= 0.3 is 0 Å². The summed E-state index contributed by atoms with van der Waals surface area (Å²) >= 11 is 0. The van der Waals surface area contributed by atoms with E-state index < -0.39 is 6.10 Å². The molecule has 150 valence electrons.